The number of nitrogens with two attached hydrogens (primary N) is 1. The number of hydrogen-bond donors (Lipinski definition) is 4. The first kappa shape index (κ1) is 25.1. The van der Waals surface area contributed by atoms with Gasteiger partial charge in [0.05, 0.1) is 47.2 Å². The van der Waals surface area contributed by atoms with Gasteiger partial charge in [0.1, 0.15) is 11.9 Å². The highest BCUT2D eigenvalue weighted by molar-refractivity contribution is 6.06. The molecule has 188 valence electrons. The number of aromatic nitrogens is 3. The quantitative estimate of drug-likeness (QED) is 0.292. The predicted molar refractivity (Wildman–Crippen MR) is 131 cm³/mol. The van der Waals surface area contributed by atoms with Crippen molar-refractivity contribution in [3.63, 3.8) is 0 Å². The van der Waals surface area contributed by atoms with Crippen LogP contribution in [0.1, 0.15) is 48.8 Å². The van der Waals surface area contributed by atoms with Crippen molar-refractivity contribution in [2.45, 2.75) is 45.0 Å². The Morgan fingerprint density at radius 1 is 1.25 bits per heavy atom. The molecule has 0 bridgehead atoms. The topological polar surface area (TPSA) is 135 Å². The maximum absolute atomic E-state index is 14.4. The number of allylic oxidation sites excluding steroid dienone is 1. The Hall–Kier alpha value is -3.96. The molecule has 3 heterocycles. The number of nitrogens with zero attached hydrogens (tertiary/aromatic N) is 3. The molecule has 4 rings (SSSR count). The summed E-state index contributed by atoms with van der Waals surface area (Å²) in [5.74, 6) is -1.67. The van der Waals surface area contributed by atoms with Gasteiger partial charge in [-0.15, -0.1) is 4.48 Å². The number of rotatable bonds is 6. The van der Waals surface area contributed by atoms with E-state index >= 15 is 0 Å². The minimum absolute atomic E-state index is 0.0476. The zero-order chi connectivity index (χ0) is 25.8. The summed E-state index contributed by atoms with van der Waals surface area (Å²) in [5.41, 5.74) is 8.61. The van der Waals surface area contributed by atoms with E-state index in [2.05, 4.69) is 20.3 Å². The van der Waals surface area contributed by atoms with Gasteiger partial charge in [-0.05, 0) is 50.5 Å². The smallest absolute Gasteiger partial charge is 0.276 e. The molecule has 0 aliphatic carbocycles. The number of halogens is 2. The summed E-state index contributed by atoms with van der Waals surface area (Å²) >= 11 is 0. The highest BCUT2D eigenvalue weighted by atomic mass is 19.2. The van der Waals surface area contributed by atoms with E-state index in [-0.39, 0.29) is 28.5 Å². The molecule has 1 aliphatic rings. The van der Waals surface area contributed by atoms with Crippen molar-refractivity contribution in [2.24, 2.45) is 0 Å². The lowest BCUT2D eigenvalue weighted by Crippen LogP contribution is -2.36. The van der Waals surface area contributed by atoms with E-state index < -0.39 is 30.0 Å². The zero-order valence-corrected chi connectivity index (χ0v) is 19.7. The van der Waals surface area contributed by atoms with Gasteiger partial charge in [0.15, 0.2) is 11.5 Å². The first-order chi connectivity index (χ1) is 17.3. The number of pyridine rings is 1. The minimum atomic E-state index is -0.772. The molecular weight excluding hydrogens is 470 g/mol. The van der Waals surface area contributed by atoms with E-state index in [1.807, 2.05) is 19.9 Å². The van der Waals surface area contributed by atoms with E-state index in [9.17, 15) is 18.8 Å². The van der Waals surface area contributed by atoms with Gasteiger partial charge in [0.2, 0.25) is 0 Å². The summed E-state index contributed by atoms with van der Waals surface area (Å²) in [6.07, 6.45) is 5.66. The molecule has 5 N–H and O–H groups in total. The second kappa shape index (κ2) is 10.8. The SMILES string of the molecule is C/C=C(\C)[C@H]1O[C@@H](c2ccncc2NC(=O)c2nc(-c3c(F)cccc3NF)ncc2N)CC[C@@H]1O. The van der Waals surface area contributed by atoms with Gasteiger partial charge in [0.25, 0.3) is 5.91 Å². The Morgan fingerprint density at radius 2 is 2.06 bits per heavy atom. The molecule has 3 aromatic rings. The molecule has 36 heavy (non-hydrogen) atoms. The minimum Gasteiger partial charge on any atom is -0.396 e. The average Bonchev–Trinajstić information content (AvgIpc) is 2.89. The number of benzene rings is 1. The molecule has 1 amide bonds. The van der Waals surface area contributed by atoms with Crippen molar-refractivity contribution in [1.29, 1.82) is 0 Å². The molecule has 0 saturated carbocycles. The van der Waals surface area contributed by atoms with Crippen LogP contribution in [0.4, 0.5) is 25.9 Å². The first-order valence-electron chi connectivity index (χ1n) is 11.3. The normalized spacial score (nSPS) is 20.1. The molecule has 9 nitrogen and oxygen atoms in total. The van der Waals surface area contributed by atoms with Gasteiger partial charge in [-0.1, -0.05) is 12.1 Å². The van der Waals surface area contributed by atoms with Crippen molar-refractivity contribution in [3.8, 4) is 11.4 Å². The van der Waals surface area contributed by atoms with Crippen molar-refractivity contribution >= 4 is 23.0 Å². The second-order valence-electron chi connectivity index (χ2n) is 8.39. The maximum Gasteiger partial charge on any atom is 0.276 e. The number of amides is 1. The zero-order valence-electron chi connectivity index (χ0n) is 19.7. The van der Waals surface area contributed by atoms with Crippen LogP contribution < -0.4 is 16.6 Å². The van der Waals surface area contributed by atoms with Gasteiger partial charge in [-0.2, -0.15) is 0 Å². The molecule has 11 heteroatoms. The number of nitrogens with one attached hydrogen (secondary N) is 2. The van der Waals surface area contributed by atoms with E-state index in [0.717, 1.165) is 17.8 Å². The molecular formula is C25H26F2N6O3. The van der Waals surface area contributed by atoms with Crippen LogP contribution in [0.15, 0.2) is 54.5 Å². The monoisotopic (exact) mass is 496 g/mol. The maximum atomic E-state index is 14.4. The highest BCUT2D eigenvalue weighted by Gasteiger charge is 2.33. The molecule has 1 aromatic carbocycles. The fourth-order valence-electron chi connectivity index (χ4n) is 4.11. The van der Waals surface area contributed by atoms with Gasteiger partial charge >= 0.3 is 0 Å². The third kappa shape index (κ3) is 5.02. The van der Waals surface area contributed by atoms with E-state index in [1.165, 1.54) is 23.9 Å². The van der Waals surface area contributed by atoms with Crippen molar-refractivity contribution in [2.75, 3.05) is 16.6 Å². The lowest BCUT2D eigenvalue weighted by molar-refractivity contribution is -0.101. The number of ether oxygens (including phenoxy) is 1. The Labute approximate surface area is 206 Å². The van der Waals surface area contributed by atoms with Crippen LogP contribution in [0.5, 0.6) is 0 Å². The summed E-state index contributed by atoms with van der Waals surface area (Å²) in [4.78, 5) is 25.4. The third-order valence-electron chi connectivity index (χ3n) is 6.11. The van der Waals surface area contributed by atoms with Gasteiger partial charge in [-0.3, -0.25) is 9.78 Å². The fourth-order valence-corrected chi connectivity index (χ4v) is 4.11. The number of aliphatic hydroxyl groups is 1. The number of aliphatic hydroxyl groups excluding tert-OH is 1. The molecule has 1 aliphatic heterocycles. The van der Waals surface area contributed by atoms with Crippen LogP contribution in [0.3, 0.4) is 0 Å². The van der Waals surface area contributed by atoms with Gasteiger partial charge in [0, 0.05) is 11.8 Å². The molecule has 0 unspecified atom stereocenters. The van der Waals surface area contributed by atoms with E-state index in [1.54, 1.807) is 12.3 Å². The molecule has 3 atom stereocenters. The summed E-state index contributed by atoms with van der Waals surface area (Å²) in [7, 11) is 0. The number of hydrogen-bond acceptors (Lipinski definition) is 8. The molecule has 1 saturated heterocycles. The van der Waals surface area contributed by atoms with Gasteiger partial charge < -0.3 is 20.9 Å². The molecule has 2 aromatic heterocycles. The number of carbonyl (C=O) groups is 1. The Morgan fingerprint density at radius 3 is 2.81 bits per heavy atom. The van der Waals surface area contributed by atoms with Crippen molar-refractivity contribution < 1.29 is 23.5 Å². The molecule has 0 radical (unpaired) electrons. The van der Waals surface area contributed by atoms with Crippen LogP contribution >= 0.6 is 0 Å². The Balaban J connectivity index is 1.63. The van der Waals surface area contributed by atoms with E-state index in [0.29, 0.717) is 24.1 Å². The lowest BCUT2D eigenvalue weighted by atomic mass is 9.93. The van der Waals surface area contributed by atoms with E-state index in [4.69, 9.17) is 10.5 Å². The summed E-state index contributed by atoms with van der Waals surface area (Å²) < 4.78 is 33.8. The molecule has 0 spiro atoms. The van der Waals surface area contributed by atoms with Crippen LogP contribution in [-0.4, -0.2) is 38.2 Å². The van der Waals surface area contributed by atoms with Crippen molar-refractivity contribution in [1.82, 2.24) is 15.0 Å². The standard InChI is InChI=1S/C25H26F2N6O3/c1-3-13(2)23-19(34)7-8-20(36-23)14-9-10-29-12-18(14)31-25(35)22-16(28)11-30-24(32-22)21-15(26)5-4-6-17(21)33-27/h3-6,9-12,19-20,23,33-34H,7-8,28H2,1-2H3,(H,31,35)/b13-3+/t19-,20+,23+/m0/s1. The number of anilines is 3. The van der Waals surface area contributed by atoms with Crippen LogP contribution in [0, 0.1) is 5.82 Å². The summed E-state index contributed by atoms with van der Waals surface area (Å²) in [5, 5.41) is 13.1. The van der Waals surface area contributed by atoms with Crippen LogP contribution in [0.2, 0.25) is 0 Å². The fraction of sp³-hybridized carbons (Fsp3) is 0.280. The largest absolute Gasteiger partial charge is 0.396 e. The second-order valence-corrected chi connectivity index (χ2v) is 8.39. The molecule has 1 fully saturated rings. The highest BCUT2D eigenvalue weighted by Crippen LogP contribution is 2.37. The van der Waals surface area contributed by atoms with Gasteiger partial charge in [-0.25, -0.2) is 19.9 Å². The number of carbonyl (C=O) groups excluding carboxylic acids is 1. The van der Waals surface area contributed by atoms with Crippen LogP contribution in [0.25, 0.3) is 11.4 Å². The Kier molecular flexibility index (Phi) is 7.51. The predicted octanol–water partition coefficient (Wildman–Crippen LogP) is 4.36. The number of nitrogen functional groups attached to an aromatic ring is 1. The first-order valence-corrected chi connectivity index (χ1v) is 11.3. The average molecular weight is 497 g/mol. The van der Waals surface area contributed by atoms with Crippen molar-refractivity contribution in [3.05, 3.63) is 71.6 Å². The summed E-state index contributed by atoms with van der Waals surface area (Å²) in [6, 6.07) is 5.49. The third-order valence-corrected chi connectivity index (χ3v) is 6.11. The lowest BCUT2D eigenvalue weighted by Gasteiger charge is -2.35. The Bertz CT molecular complexity index is 1300. The summed E-state index contributed by atoms with van der Waals surface area (Å²) in [6.45, 7) is 3.77. The van der Waals surface area contributed by atoms with Crippen LogP contribution in [-0.2, 0) is 4.74 Å².